The van der Waals surface area contributed by atoms with E-state index in [1.54, 1.807) is 0 Å². The molecule has 134 valence electrons. The SMILES string of the molecule is C[Si](C)(C)C1Sc2ccc3ccccc3c2-c2c(ccc3ccccc23)S1. The van der Waals surface area contributed by atoms with E-state index in [4.69, 9.17) is 0 Å². The van der Waals surface area contributed by atoms with Gasteiger partial charge in [-0.1, -0.05) is 80.3 Å². The molecular formula is C24H22S2Si. The first-order valence-electron chi connectivity index (χ1n) is 9.39. The summed E-state index contributed by atoms with van der Waals surface area (Å²) in [4.78, 5) is 2.87. The van der Waals surface area contributed by atoms with Crippen LogP contribution >= 0.6 is 23.5 Å². The Balaban J connectivity index is 1.93. The normalized spacial score (nSPS) is 14.8. The molecule has 0 saturated carbocycles. The number of thioether (sulfide) groups is 2. The summed E-state index contributed by atoms with van der Waals surface area (Å²) < 4.78 is 0.611. The largest absolute Gasteiger partial charge is 0.114 e. The van der Waals surface area contributed by atoms with E-state index in [-0.39, 0.29) is 0 Å². The molecular weight excluding hydrogens is 380 g/mol. The Bertz CT molecular complexity index is 1090. The van der Waals surface area contributed by atoms with Gasteiger partial charge in [-0.3, -0.25) is 0 Å². The van der Waals surface area contributed by atoms with Crippen LogP contribution in [0.5, 0.6) is 0 Å². The van der Waals surface area contributed by atoms with Crippen molar-refractivity contribution in [1.82, 2.24) is 0 Å². The Morgan fingerprint density at radius 1 is 0.593 bits per heavy atom. The van der Waals surface area contributed by atoms with Crippen molar-refractivity contribution in [3.8, 4) is 11.1 Å². The quantitative estimate of drug-likeness (QED) is 0.295. The van der Waals surface area contributed by atoms with Crippen LogP contribution in [0, 0.1) is 0 Å². The van der Waals surface area contributed by atoms with Crippen LogP contribution in [0.3, 0.4) is 0 Å². The molecule has 4 aromatic rings. The van der Waals surface area contributed by atoms with Crippen LogP contribution in [0.4, 0.5) is 0 Å². The molecule has 0 amide bonds. The average Bonchev–Trinajstić information content (AvgIpc) is 2.85. The van der Waals surface area contributed by atoms with E-state index in [1.807, 2.05) is 0 Å². The van der Waals surface area contributed by atoms with E-state index < -0.39 is 8.07 Å². The van der Waals surface area contributed by atoms with Crippen molar-refractivity contribution < 1.29 is 0 Å². The number of hydrogen-bond donors (Lipinski definition) is 0. The first-order chi connectivity index (χ1) is 13.0. The first kappa shape index (κ1) is 17.4. The van der Waals surface area contributed by atoms with Gasteiger partial charge in [0.05, 0.1) is 12.3 Å². The lowest BCUT2D eigenvalue weighted by molar-refractivity contribution is 1.44. The molecule has 0 saturated heterocycles. The Labute approximate surface area is 170 Å². The summed E-state index contributed by atoms with van der Waals surface area (Å²) in [6, 6.07) is 27.0. The van der Waals surface area contributed by atoms with E-state index >= 15 is 0 Å². The highest BCUT2D eigenvalue weighted by atomic mass is 32.2. The van der Waals surface area contributed by atoms with Gasteiger partial charge in [0, 0.05) is 20.9 Å². The zero-order chi connectivity index (χ0) is 18.6. The second-order valence-corrected chi connectivity index (χ2v) is 17.0. The van der Waals surface area contributed by atoms with Gasteiger partial charge in [0.25, 0.3) is 0 Å². The van der Waals surface area contributed by atoms with Gasteiger partial charge >= 0.3 is 0 Å². The number of hydrogen-bond acceptors (Lipinski definition) is 2. The molecule has 0 radical (unpaired) electrons. The van der Waals surface area contributed by atoms with Crippen molar-refractivity contribution in [2.24, 2.45) is 0 Å². The van der Waals surface area contributed by atoms with E-state index in [0.29, 0.717) is 4.21 Å². The molecule has 0 spiro atoms. The number of benzene rings is 4. The molecule has 1 aliphatic heterocycles. The van der Waals surface area contributed by atoms with Crippen LogP contribution in [-0.4, -0.2) is 12.3 Å². The topological polar surface area (TPSA) is 0 Å². The van der Waals surface area contributed by atoms with Gasteiger partial charge in [-0.05, 0) is 33.7 Å². The highest BCUT2D eigenvalue weighted by molar-refractivity contribution is 8.19. The fraction of sp³-hybridized carbons (Fsp3) is 0.167. The number of fused-ring (bicyclic) bond motifs is 7. The smallest absolute Gasteiger partial charge is 0.0722 e. The summed E-state index contributed by atoms with van der Waals surface area (Å²) in [7, 11) is -1.33. The average molecular weight is 403 g/mol. The van der Waals surface area contributed by atoms with Crippen molar-refractivity contribution >= 4 is 53.1 Å². The Hall–Kier alpha value is -1.68. The van der Waals surface area contributed by atoms with Crippen molar-refractivity contribution in [2.75, 3.05) is 0 Å². The Morgan fingerprint density at radius 3 is 1.48 bits per heavy atom. The fourth-order valence-corrected chi connectivity index (χ4v) is 9.64. The van der Waals surface area contributed by atoms with Gasteiger partial charge in [0.1, 0.15) is 0 Å². The predicted molar refractivity (Wildman–Crippen MR) is 126 cm³/mol. The summed E-state index contributed by atoms with van der Waals surface area (Å²) >= 11 is 4.18. The summed E-state index contributed by atoms with van der Waals surface area (Å²) in [6.45, 7) is 7.47. The Morgan fingerprint density at radius 2 is 1.04 bits per heavy atom. The van der Waals surface area contributed by atoms with E-state index in [0.717, 1.165) is 0 Å². The lowest BCUT2D eigenvalue weighted by Gasteiger charge is -2.26. The maximum Gasteiger partial charge on any atom is 0.0722 e. The summed E-state index contributed by atoms with van der Waals surface area (Å²) in [6.07, 6.45) is 0. The van der Waals surface area contributed by atoms with E-state index in [2.05, 4.69) is 116 Å². The summed E-state index contributed by atoms with van der Waals surface area (Å²) in [5, 5.41) is 5.40. The van der Waals surface area contributed by atoms with Crippen molar-refractivity contribution in [3.63, 3.8) is 0 Å². The first-order valence-corrected chi connectivity index (χ1v) is 14.7. The third-order valence-corrected chi connectivity index (χ3v) is 13.8. The summed E-state index contributed by atoms with van der Waals surface area (Å²) in [5.74, 6) is 0. The summed E-state index contributed by atoms with van der Waals surface area (Å²) in [5.41, 5.74) is 2.86. The highest BCUT2D eigenvalue weighted by Gasteiger charge is 2.33. The lowest BCUT2D eigenvalue weighted by atomic mass is 9.94. The predicted octanol–water partition coefficient (Wildman–Crippen LogP) is 8.06. The van der Waals surface area contributed by atoms with Crippen LogP contribution in [-0.2, 0) is 0 Å². The highest BCUT2D eigenvalue weighted by Crippen LogP contribution is 2.54. The standard InChI is InChI=1S/C24H22S2Si/c1-27(2,3)24-25-20-14-12-16-8-4-6-10-18(16)22(20)23-19-11-7-5-9-17(19)13-15-21(23)26-24/h4-15,24H,1-3H3. The molecule has 0 nitrogen and oxygen atoms in total. The molecule has 0 unspecified atom stereocenters. The minimum Gasteiger partial charge on any atom is -0.114 e. The van der Waals surface area contributed by atoms with Gasteiger partial charge < -0.3 is 0 Å². The third-order valence-electron chi connectivity index (χ3n) is 5.21. The van der Waals surface area contributed by atoms with Crippen LogP contribution in [0.15, 0.2) is 82.6 Å². The van der Waals surface area contributed by atoms with E-state index in [9.17, 15) is 0 Å². The monoisotopic (exact) mass is 402 g/mol. The molecule has 4 aromatic carbocycles. The third kappa shape index (κ3) is 2.93. The lowest BCUT2D eigenvalue weighted by Crippen LogP contribution is -2.32. The molecule has 1 aliphatic rings. The van der Waals surface area contributed by atoms with Gasteiger partial charge in [-0.15, -0.1) is 23.5 Å². The van der Waals surface area contributed by atoms with Gasteiger partial charge in [0.2, 0.25) is 0 Å². The molecule has 27 heavy (non-hydrogen) atoms. The van der Waals surface area contributed by atoms with E-state index in [1.165, 1.54) is 42.5 Å². The Kier molecular flexibility index (Phi) is 4.15. The maximum absolute atomic E-state index is 2.49. The second-order valence-electron chi connectivity index (χ2n) is 8.25. The van der Waals surface area contributed by atoms with Crippen LogP contribution < -0.4 is 0 Å². The van der Waals surface area contributed by atoms with Crippen molar-refractivity contribution in [3.05, 3.63) is 72.8 Å². The van der Waals surface area contributed by atoms with Crippen LogP contribution in [0.1, 0.15) is 0 Å². The number of rotatable bonds is 1. The molecule has 0 aliphatic carbocycles. The minimum atomic E-state index is -1.33. The van der Waals surface area contributed by atoms with Crippen molar-refractivity contribution in [1.29, 1.82) is 0 Å². The zero-order valence-corrected chi connectivity index (χ0v) is 18.5. The van der Waals surface area contributed by atoms with Gasteiger partial charge in [-0.25, -0.2) is 0 Å². The van der Waals surface area contributed by atoms with Gasteiger partial charge in [0.15, 0.2) is 0 Å². The van der Waals surface area contributed by atoms with Crippen molar-refractivity contribution in [2.45, 2.75) is 33.6 Å². The fourth-order valence-electron chi connectivity index (χ4n) is 3.82. The minimum absolute atomic E-state index is 0.611. The molecule has 0 aromatic heterocycles. The second kappa shape index (κ2) is 6.44. The zero-order valence-electron chi connectivity index (χ0n) is 15.8. The van der Waals surface area contributed by atoms with Crippen LogP contribution in [0.25, 0.3) is 32.7 Å². The molecule has 0 bridgehead atoms. The molecule has 0 N–H and O–H groups in total. The van der Waals surface area contributed by atoms with Gasteiger partial charge in [-0.2, -0.15) is 0 Å². The van der Waals surface area contributed by atoms with Crippen LogP contribution in [0.2, 0.25) is 19.6 Å². The molecule has 5 rings (SSSR count). The molecule has 0 atom stereocenters. The molecule has 1 heterocycles. The molecule has 0 fully saturated rings. The maximum atomic E-state index is 2.49. The molecule has 3 heteroatoms.